The molecule has 1 saturated heterocycles. The van der Waals surface area contributed by atoms with Gasteiger partial charge in [0.15, 0.2) is 0 Å². The second-order valence-electron chi connectivity index (χ2n) is 6.52. The quantitative estimate of drug-likeness (QED) is 0.223. The van der Waals surface area contributed by atoms with Gasteiger partial charge in [-0.15, -0.1) is 13.2 Å². The Hall–Kier alpha value is -1.84. The lowest BCUT2D eigenvalue weighted by atomic mass is 9.87. The predicted octanol–water partition coefficient (Wildman–Crippen LogP) is 3.44. The van der Waals surface area contributed by atoms with Crippen molar-refractivity contribution in [2.45, 2.75) is 44.3 Å². The highest BCUT2D eigenvalue weighted by atomic mass is 19.4. The number of benzene rings is 1. The molecule has 1 atom stereocenters. The van der Waals surface area contributed by atoms with Gasteiger partial charge in [0, 0.05) is 0 Å². The molecule has 3 rings (SSSR count). The van der Waals surface area contributed by atoms with Crippen molar-refractivity contribution in [1.29, 1.82) is 0 Å². The molecule has 6 nitrogen and oxygen atoms in total. The second-order valence-corrected chi connectivity index (χ2v) is 6.52. The van der Waals surface area contributed by atoms with Crippen molar-refractivity contribution in [1.82, 2.24) is 0 Å². The lowest BCUT2D eigenvalue weighted by Gasteiger charge is -2.27. The van der Waals surface area contributed by atoms with Gasteiger partial charge in [-0.3, -0.25) is 4.79 Å². The van der Waals surface area contributed by atoms with E-state index >= 15 is 0 Å². The zero-order valence-corrected chi connectivity index (χ0v) is 14.6. The normalized spacial score (nSPS) is 25.1. The summed E-state index contributed by atoms with van der Waals surface area (Å²) in [7, 11) is 0. The smallest absolute Gasteiger partial charge is 0.426 e. The lowest BCUT2D eigenvalue weighted by molar-refractivity contribution is -0.274. The van der Waals surface area contributed by atoms with Gasteiger partial charge in [0.05, 0.1) is 25.2 Å². The maximum absolute atomic E-state index is 12.2. The Bertz CT molecular complexity index is 607. The number of alkyl halides is 3. The molecule has 0 bridgehead atoms. The lowest BCUT2D eigenvalue weighted by Crippen LogP contribution is -2.29. The van der Waals surface area contributed by atoms with Crippen molar-refractivity contribution < 1.29 is 41.7 Å². The monoisotopic (exact) mass is 390 g/mol. The summed E-state index contributed by atoms with van der Waals surface area (Å²) >= 11 is 0. The molecule has 0 aromatic heterocycles. The zero-order chi connectivity index (χ0) is 19.3. The van der Waals surface area contributed by atoms with E-state index in [1.165, 1.54) is 12.1 Å². The molecule has 1 aliphatic carbocycles. The summed E-state index contributed by atoms with van der Waals surface area (Å²) < 4.78 is 61.4. The summed E-state index contributed by atoms with van der Waals surface area (Å²) in [6, 6.07) is 4.75. The third kappa shape index (κ3) is 7.00. The van der Waals surface area contributed by atoms with Crippen molar-refractivity contribution in [2.75, 3.05) is 20.0 Å². The van der Waals surface area contributed by atoms with Crippen LogP contribution in [0.4, 0.5) is 13.2 Å². The molecule has 1 aliphatic heterocycles. The van der Waals surface area contributed by atoms with E-state index in [1.807, 2.05) is 0 Å². The van der Waals surface area contributed by atoms with E-state index < -0.39 is 6.36 Å². The Labute approximate surface area is 154 Å². The number of hydrogen-bond acceptors (Lipinski definition) is 6. The molecule has 0 amide bonds. The average molecular weight is 390 g/mol. The maximum atomic E-state index is 12.2. The van der Waals surface area contributed by atoms with Crippen LogP contribution in [0.1, 0.15) is 25.7 Å². The molecule has 1 aromatic carbocycles. The maximum Gasteiger partial charge on any atom is 0.573 e. The Balaban J connectivity index is 1.36. The zero-order valence-electron chi connectivity index (χ0n) is 14.6. The third-order valence-electron chi connectivity index (χ3n) is 4.38. The highest BCUT2D eigenvalue weighted by molar-refractivity contribution is 5.75. The molecule has 0 radical (unpaired) electrons. The number of ether oxygens (including phenoxy) is 5. The molecule has 27 heavy (non-hydrogen) atoms. The van der Waals surface area contributed by atoms with Crippen LogP contribution >= 0.6 is 0 Å². The van der Waals surface area contributed by atoms with Crippen molar-refractivity contribution in [3.63, 3.8) is 0 Å². The fourth-order valence-electron chi connectivity index (χ4n) is 2.86. The minimum absolute atomic E-state index is 0.0490. The molecule has 9 heteroatoms. The van der Waals surface area contributed by atoms with Crippen LogP contribution in [0.25, 0.3) is 0 Å². The van der Waals surface area contributed by atoms with Crippen molar-refractivity contribution in [2.24, 2.45) is 5.92 Å². The summed E-state index contributed by atoms with van der Waals surface area (Å²) in [5, 5.41) is 0. The van der Waals surface area contributed by atoms with Crippen LogP contribution in [0.5, 0.6) is 11.5 Å². The molecule has 1 heterocycles. The Morgan fingerprint density at radius 1 is 1.07 bits per heavy atom. The van der Waals surface area contributed by atoms with Crippen molar-refractivity contribution in [3.8, 4) is 11.5 Å². The van der Waals surface area contributed by atoms with Gasteiger partial charge in [-0.25, -0.2) is 0 Å². The van der Waals surface area contributed by atoms with Gasteiger partial charge >= 0.3 is 12.3 Å². The number of halogens is 3. The molecule has 2 aliphatic rings. The first-order valence-corrected chi connectivity index (χ1v) is 8.77. The number of esters is 1. The van der Waals surface area contributed by atoms with Crippen LogP contribution in [-0.4, -0.2) is 44.5 Å². The minimum Gasteiger partial charge on any atom is -0.426 e. The van der Waals surface area contributed by atoms with E-state index in [2.05, 4.69) is 4.74 Å². The van der Waals surface area contributed by atoms with Gasteiger partial charge < -0.3 is 23.7 Å². The van der Waals surface area contributed by atoms with Crippen LogP contribution in [0, 0.1) is 5.92 Å². The summed E-state index contributed by atoms with van der Waals surface area (Å²) in [5.74, 6) is -0.823. The first-order valence-electron chi connectivity index (χ1n) is 8.77. The van der Waals surface area contributed by atoms with E-state index in [9.17, 15) is 18.0 Å². The first kappa shape index (κ1) is 19.9. The number of rotatable bonds is 8. The van der Waals surface area contributed by atoms with Crippen LogP contribution in [0.3, 0.4) is 0 Å². The number of hydrogen-bond donors (Lipinski definition) is 0. The summed E-state index contributed by atoms with van der Waals surface area (Å²) in [6.07, 6.45) is -1.80. The average Bonchev–Trinajstić information content (AvgIpc) is 3.44. The van der Waals surface area contributed by atoms with Gasteiger partial charge in [-0.2, -0.15) is 0 Å². The molecular formula is C18H21F3O6. The highest BCUT2D eigenvalue weighted by Gasteiger charge is 2.31. The van der Waals surface area contributed by atoms with Gasteiger partial charge in [0.25, 0.3) is 0 Å². The Morgan fingerprint density at radius 3 is 2.30 bits per heavy atom. The second kappa shape index (κ2) is 8.90. The topological polar surface area (TPSA) is 66.5 Å². The third-order valence-corrected chi connectivity index (χ3v) is 4.38. The van der Waals surface area contributed by atoms with Crippen LogP contribution in [-0.2, 0) is 19.0 Å². The van der Waals surface area contributed by atoms with Gasteiger partial charge in [-0.05, 0) is 49.9 Å². The van der Waals surface area contributed by atoms with E-state index in [-0.39, 0.29) is 42.4 Å². The molecule has 1 aromatic rings. The SMILES string of the molecule is O=C(Oc1ccc(OC(F)(F)F)cc1)C1CCC(OCOCC2CO2)CC1. The fourth-order valence-corrected chi connectivity index (χ4v) is 2.86. The Morgan fingerprint density at radius 2 is 1.70 bits per heavy atom. The van der Waals surface area contributed by atoms with Crippen molar-refractivity contribution >= 4 is 5.97 Å². The van der Waals surface area contributed by atoms with Crippen LogP contribution in [0.15, 0.2) is 24.3 Å². The standard InChI is InChI=1S/C18H21F3O6/c19-18(20,21)27-15-7-5-14(6-8-15)26-17(22)12-1-3-13(4-2-12)25-11-23-9-16-10-24-16/h5-8,12-13,16H,1-4,9-11H2. The molecule has 0 N–H and O–H groups in total. The number of carbonyl (C=O) groups is 1. The predicted molar refractivity (Wildman–Crippen MR) is 86.2 cm³/mol. The molecule has 1 saturated carbocycles. The Kier molecular flexibility index (Phi) is 6.56. The van der Waals surface area contributed by atoms with E-state index in [4.69, 9.17) is 18.9 Å². The molecule has 150 valence electrons. The van der Waals surface area contributed by atoms with Gasteiger partial charge in [-0.1, -0.05) is 0 Å². The van der Waals surface area contributed by atoms with E-state index in [0.717, 1.165) is 31.6 Å². The summed E-state index contributed by atoms with van der Waals surface area (Å²) in [4.78, 5) is 12.2. The van der Waals surface area contributed by atoms with Gasteiger partial charge in [0.1, 0.15) is 24.4 Å². The fraction of sp³-hybridized carbons (Fsp3) is 0.611. The van der Waals surface area contributed by atoms with E-state index in [1.54, 1.807) is 0 Å². The summed E-state index contributed by atoms with van der Waals surface area (Å²) in [6.45, 7) is 1.49. The number of epoxide rings is 1. The van der Waals surface area contributed by atoms with E-state index in [0.29, 0.717) is 19.4 Å². The molecule has 2 fully saturated rings. The molecule has 1 unspecified atom stereocenters. The van der Waals surface area contributed by atoms with Crippen LogP contribution in [0.2, 0.25) is 0 Å². The molecule has 0 spiro atoms. The van der Waals surface area contributed by atoms with Crippen LogP contribution < -0.4 is 9.47 Å². The minimum atomic E-state index is -4.75. The van der Waals surface area contributed by atoms with Crippen molar-refractivity contribution in [3.05, 3.63) is 24.3 Å². The highest BCUT2D eigenvalue weighted by Crippen LogP contribution is 2.29. The van der Waals surface area contributed by atoms with Gasteiger partial charge in [0.2, 0.25) is 0 Å². The molecular weight excluding hydrogens is 369 g/mol. The number of carbonyl (C=O) groups excluding carboxylic acids is 1. The first-order chi connectivity index (χ1) is 12.9. The largest absolute Gasteiger partial charge is 0.573 e. The summed E-state index contributed by atoms with van der Waals surface area (Å²) in [5.41, 5.74) is 0.